The monoisotopic (exact) mass is 97.1 g/mol. The summed E-state index contributed by atoms with van der Waals surface area (Å²) in [6, 6.07) is 0. The van der Waals surface area contributed by atoms with Gasteiger partial charge in [0.15, 0.2) is 0 Å². The van der Waals surface area contributed by atoms with Crippen molar-refractivity contribution in [3.8, 4) is 0 Å². The van der Waals surface area contributed by atoms with Gasteiger partial charge in [-0.05, 0) is 13.3 Å². The van der Waals surface area contributed by atoms with Gasteiger partial charge >= 0.3 is 0 Å². The minimum Gasteiger partial charge on any atom is -0.333 e. The Morgan fingerprint density at radius 1 is 1.60 bits per heavy atom. The molecule has 0 aromatic carbocycles. The molecule has 0 bridgehead atoms. The number of hydrogen-bond acceptors (Lipinski definition) is 2. The first-order valence-electron chi connectivity index (χ1n) is 2.02. The van der Waals surface area contributed by atoms with Crippen LogP contribution >= 0.6 is 12.6 Å². The van der Waals surface area contributed by atoms with Crippen LogP contribution < -0.4 is 5.73 Å². The van der Waals surface area contributed by atoms with Crippen LogP contribution in [0.25, 0.3) is 0 Å². The molecule has 5 heavy (non-hydrogen) atoms. The van der Waals surface area contributed by atoms with E-state index in [9.17, 15) is 0 Å². The largest absolute Gasteiger partial charge is 0.333 e. The standard InChI is InChI=1S/CH5N.CH4S.CH4/c2*1-2;/h2H2,1H3;2H,1H3;1H4/i;;1T. The van der Waals surface area contributed by atoms with Crippen LogP contribution in [0.4, 0.5) is 0 Å². The minimum atomic E-state index is 1.25. The first-order valence-corrected chi connectivity index (χ1v) is 1.92. The summed E-state index contributed by atoms with van der Waals surface area (Å²) in [6.45, 7) is 0. The maximum absolute atomic E-state index is 5.75. The molecule has 0 saturated heterocycles. The molecule has 36 valence electrons. The molecule has 0 spiro atoms. The van der Waals surface area contributed by atoms with Gasteiger partial charge in [-0.25, -0.2) is 0 Å². The van der Waals surface area contributed by atoms with Gasteiger partial charge in [-0.15, -0.1) is 0 Å². The fourth-order valence-electron chi connectivity index (χ4n) is 0. The van der Waals surface area contributed by atoms with Crippen molar-refractivity contribution in [2.24, 2.45) is 5.73 Å². The predicted octanol–water partition coefficient (Wildman–Crippen LogP) is 0.757. The van der Waals surface area contributed by atoms with Crippen LogP contribution in [0.1, 0.15) is 8.77 Å². The van der Waals surface area contributed by atoms with Crippen LogP contribution in [0.5, 0.6) is 0 Å². The molecule has 0 aliphatic rings. The molecule has 2 N–H and O–H groups in total. The Morgan fingerprint density at radius 3 is 1.60 bits per heavy atom. The predicted molar refractivity (Wildman–Crippen MR) is 31.8 cm³/mol. The maximum Gasteiger partial charge on any atom is 0.0194 e. The SMILES string of the molecule is CN.CS.[3H]C. The Kier molecular flexibility index (Phi) is 885. The van der Waals surface area contributed by atoms with E-state index in [1.807, 2.05) is 0 Å². The molecule has 1 nitrogen and oxygen atoms in total. The Labute approximate surface area is 41.4 Å². The number of thiol groups is 1. The van der Waals surface area contributed by atoms with Gasteiger partial charge in [-0.3, -0.25) is 0 Å². The second-order valence-corrected chi connectivity index (χ2v) is 0. The third-order valence-electron chi connectivity index (χ3n) is 0. The normalized spacial score (nSPS) is 3.80. The highest BCUT2D eigenvalue weighted by atomic mass is 32.1. The molecule has 0 aromatic rings. The highest BCUT2D eigenvalue weighted by molar-refractivity contribution is 7.79. The molecule has 2 heteroatoms. The highest BCUT2D eigenvalue weighted by Crippen LogP contribution is 1.31. The zero-order valence-corrected chi connectivity index (χ0v) is 4.92. The van der Waals surface area contributed by atoms with Gasteiger partial charge in [-0.2, -0.15) is 12.6 Å². The smallest absolute Gasteiger partial charge is 0.0194 e. The molecule has 0 rings (SSSR count). The summed E-state index contributed by atoms with van der Waals surface area (Å²) in [5, 5.41) is 0. The van der Waals surface area contributed by atoms with E-state index in [1.165, 1.54) is 14.5 Å². The maximum atomic E-state index is 5.75. The Bertz CT molecular complexity index is 10.8. The summed E-state index contributed by atoms with van der Waals surface area (Å²) >= 11 is 3.53. The van der Waals surface area contributed by atoms with Gasteiger partial charge < -0.3 is 5.73 Å². The van der Waals surface area contributed by atoms with Crippen LogP contribution in [0.15, 0.2) is 0 Å². The van der Waals surface area contributed by atoms with Gasteiger partial charge in [0.05, 0.1) is 0 Å². The molecule has 0 amide bonds. The van der Waals surface area contributed by atoms with Crippen LogP contribution in [-0.4, -0.2) is 13.3 Å². The summed E-state index contributed by atoms with van der Waals surface area (Å²) in [5.41, 5.74) is 4.50. The van der Waals surface area contributed by atoms with Crippen LogP contribution in [0, 0.1) is 0 Å². The van der Waals surface area contributed by atoms with E-state index in [0.29, 0.717) is 0 Å². The molecule has 0 aromatic heterocycles. The third-order valence-corrected chi connectivity index (χ3v) is 0. The fraction of sp³-hybridized carbons (Fsp3) is 1.00. The van der Waals surface area contributed by atoms with Crippen molar-refractivity contribution in [1.82, 2.24) is 0 Å². The molecule has 0 aliphatic carbocycles. The highest BCUT2D eigenvalue weighted by Gasteiger charge is 0.901. The van der Waals surface area contributed by atoms with E-state index in [0.717, 1.165) is 0 Å². The third kappa shape index (κ3) is 239. The lowest BCUT2D eigenvalue weighted by Crippen LogP contribution is -1.69. The zero-order chi connectivity index (χ0) is 6.00. The first kappa shape index (κ1) is 9.00. The van der Waals surface area contributed by atoms with E-state index < -0.39 is 0 Å². The fourth-order valence-corrected chi connectivity index (χ4v) is 0. The van der Waals surface area contributed by atoms with Crippen LogP contribution in [0.3, 0.4) is 0 Å². The van der Waals surface area contributed by atoms with Crippen molar-refractivity contribution in [3.63, 3.8) is 0 Å². The summed E-state index contributed by atoms with van der Waals surface area (Å²) < 4.78 is 5.75. The van der Waals surface area contributed by atoms with Gasteiger partial charge in [-0.1, -0.05) is 7.40 Å². The van der Waals surface area contributed by atoms with Gasteiger partial charge in [0.25, 0.3) is 0 Å². The second kappa shape index (κ2) is 491. The van der Waals surface area contributed by atoms with E-state index in [1.54, 1.807) is 6.26 Å². The second-order valence-electron chi connectivity index (χ2n) is 0. The van der Waals surface area contributed by atoms with Gasteiger partial charge in [0.1, 0.15) is 0 Å². The molecular formula is C3H13NS. The van der Waals surface area contributed by atoms with E-state index in [-0.39, 0.29) is 0 Å². The van der Waals surface area contributed by atoms with Crippen molar-refractivity contribution in [2.45, 2.75) is 7.40 Å². The summed E-state index contributed by atoms with van der Waals surface area (Å²) in [7, 11) is 2.75. The topological polar surface area (TPSA) is 26.0 Å². The van der Waals surface area contributed by atoms with Crippen LogP contribution in [0.2, 0.25) is 0 Å². The first-order chi connectivity index (χ1) is 3.00. The Morgan fingerprint density at radius 2 is 1.60 bits per heavy atom. The molecule has 0 fully saturated rings. The number of nitrogens with two attached hydrogens (primary N) is 1. The zero-order valence-electron chi connectivity index (χ0n) is 5.02. The average molecular weight is 97.2 g/mol. The summed E-state index contributed by atoms with van der Waals surface area (Å²) in [6.07, 6.45) is 1.69. The minimum absolute atomic E-state index is 1.25. The molecule has 0 radical (unpaired) electrons. The number of hydrogen-bond donors (Lipinski definition) is 2. The van der Waals surface area contributed by atoms with E-state index in [2.05, 4.69) is 18.4 Å². The lowest BCUT2D eigenvalue weighted by Gasteiger charge is -1.19. The molecule has 0 atom stereocenters. The molecular weight excluding hydrogens is 82.1 g/mol. The number of rotatable bonds is 0. The summed E-state index contributed by atoms with van der Waals surface area (Å²) in [4.78, 5) is 0. The van der Waals surface area contributed by atoms with Crippen molar-refractivity contribution >= 4 is 12.6 Å². The van der Waals surface area contributed by atoms with Crippen molar-refractivity contribution in [1.29, 1.82) is 0 Å². The van der Waals surface area contributed by atoms with E-state index in [4.69, 9.17) is 1.37 Å². The summed E-state index contributed by atoms with van der Waals surface area (Å²) in [5.74, 6) is 0. The lowest BCUT2D eigenvalue weighted by molar-refractivity contribution is 1.48. The molecule has 0 aliphatic heterocycles. The van der Waals surface area contributed by atoms with Crippen molar-refractivity contribution in [2.75, 3.05) is 13.3 Å². The van der Waals surface area contributed by atoms with Crippen molar-refractivity contribution < 1.29 is 1.37 Å². The van der Waals surface area contributed by atoms with Crippen molar-refractivity contribution in [3.05, 3.63) is 0 Å². The Balaban J connectivity index is -0.0000000225. The van der Waals surface area contributed by atoms with Crippen LogP contribution in [-0.2, 0) is 0 Å². The molecule has 0 heterocycles. The van der Waals surface area contributed by atoms with Gasteiger partial charge in [0.2, 0.25) is 0 Å². The quantitative estimate of drug-likeness (QED) is 0.429. The molecule has 0 unspecified atom stereocenters. The molecule has 0 saturated carbocycles. The van der Waals surface area contributed by atoms with Gasteiger partial charge in [0, 0.05) is 1.37 Å². The average Bonchev–Trinajstić information content (AvgIpc) is 1.81. The van der Waals surface area contributed by atoms with E-state index >= 15 is 0 Å². The Hall–Kier alpha value is 0.310. The lowest BCUT2D eigenvalue weighted by atomic mass is 11.6.